The summed E-state index contributed by atoms with van der Waals surface area (Å²) < 4.78 is 22.8. The molecule has 0 unspecified atom stereocenters. The van der Waals surface area contributed by atoms with Gasteiger partial charge in [0.1, 0.15) is 15.6 Å². The van der Waals surface area contributed by atoms with Crippen molar-refractivity contribution in [2.24, 2.45) is 0 Å². The van der Waals surface area contributed by atoms with E-state index in [-0.39, 0.29) is 20.6 Å². The van der Waals surface area contributed by atoms with Crippen molar-refractivity contribution >= 4 is 44.1 Å². The van der Waals surface area contributed by atoms with Crippen molar-refractivity contribution in [3.05, 3.63) is 28.5 Å². The van der Waals surface area contributed by atoms with Gasteiger partial charge < -0.3 is 0 Å². The second kappa shape index (κ2) is 3.84. The van der Waals surface area contributed by atoms with Gasteiger partial charge in [-0.2, -0.15) is 0 Å². The summed E-state index contributed by atoms with van der Waals surface area (Å²) in [6.07, 6.45) is 2.28. The van der Waals surface area contributed by atoms with Gasteiger partial charge >= 0.3 is 0 Å². The normalized spacial score (nSPS) is 11.9. The van der Waals surface area contributed by atoms with Crippen LogP contribution >= 0.6 is 23.2 Å². The molecule has 0 aliphatic heterocycles. The van der Waals surface area contributed by atoms with E-state index in [4.69, 9.17) is 23.2 Å². The van der Waals surface area contributed by atoms with E-state index in [2.05, 4.69) is 9.97 Å². The molecule has 0 spiro atoms. The van der Waals surface area contributed by atoms with Gasteiger partial charge in [-0.15, -0.1) is 0 Å². The van der Waals surface area contributed by atoms with E-state index >= 15 is 0 Å². The third-order valence-corrected chi connectivity index (χ3v) is 3.80. The first-order valence-electron chi connectivity index (χ1n) is 4.20. The third kappa shape index (κ3) is 1.98. The molecule has 0 aromatic carbocycles. The zero-order valence-corrected chi connectivity index (χ0v) is 10.4. The predicted molar refractivity (Wildman–Crippen MR) is 62.7 cm³/mol. The fourth-order valence-corrected chi connectivity index (χ4v) is 2.68. The molecule has 2 heterocycles. The minimum atomic E-state index is -3.42. The van der Waals surface area contributed by atoms with Crippen LogP contribution in [-0.4, -0.2) is 24.6 Å². The summed E-state index contributed by atoms with van der Waals surface area (Å²) in [5, 5.41) is 0.289. The van der Waals surface area contributed by atoms with Crippen LogP contribution in [0.5, 0.6) is 0 Å². The molecule has 0 bridgehead atoms. The number of nitrogens with zero attached hydrogens (tertiary/aromatic N) is 2. The molecule has 7 heteroatoms. The van der Waals surface area contributed by atoms with Crippen LogP contribution < -0.4 is 0 Å². The first kappa shape index (κ1) is 11.6. The molecule has 2 aromatic rings. The minimum Gasteiger partial charge on any atom is -0.253 e. The Balaban J connectivity index is 2.89. The average Bonchev–Trinajstić information content (AvgIpc) is 2.17. The molecule has 0 atom stereocenters. The van der Waals surface area contributed by atoms with E-state index < -0.39 is 9.84 Å². The van der Waals surface area contributed by atoms with Gasteiger partial charge in [0.15, 0.2) is 9.84 Å². The van der Waals surface area contributed by atoms with Crippen LogP contribution in [0, 0.1) is 0 Å². The van der Waals surface area contributed by atoms with Gasteiger partial charge in [0.25, 0.3) is 0 Å². The zero-order valence-electron chi connectivity index (χ0n) is 8.11. The van der Waals surface area contributed by atoms with Gasteiger partial charge in [0.2, 0.25) is 0 Å². The molecule has 0 N–H and O–H groups in total. The lowest BCUT2D eigenvalue weighted by Crippen LogP contribution is -2.00. The fourth-order valence-electron chi connectivity index (χ4n) is 1.25. The highest BCUT2D eigenvalue weighted by atomic mass is 35.5. The number of hydrogen-bond acceptors (Lipinski definition) is 4. The first-order chi connectivity index (χ1) is 7.39. The van der Waals surface area contributed by atoms with Crippen LogP contribution in [0.25, 0.3) is 11.0 Å². The van der Waals surface area contributed by atoms with Crippen molar-refractivity contribution in [1.29, 1.82) is 0 Å². The minimum absolute atomic E-state index is 0.0450. The summed E-state index contributed by atoms with van der Waals surface area (Å²) in [7, 11) is -3.42. The molecule has 2 rings (SSSR count). The Labute approximate surface area is 102 Å². The lowest BCUT2D eigenvalue weighted by molar-refractivity contribution is 0.601. The number of rotatable bonds is 1. The summed E-state index contributed by atoms with van der Waals surface area (Å²) in [5.74, 6) is 0. The maximum absolute atomic E-state index is 11.4. The number of sulfone groups is 1. The van der Waals surface area contributed by atoms with Gasteiger partial charge in [0, 0.05) is 12.5 Å². The number of aromatic nitrogens is 2. The number of pyridine rings is 2. The number of halogens is 2. The third-order valence-electron chi connectivity index (χ3n) is 1.98. The Morgan fingerprint density at radius 2 is 1.94 bits per heavy atom. The lowest BCUT2D eigenvalue weighted by Gasteiger charge is -2.04. The predicted octanol–water partition coefficient (Wildman–Crippen LogP) is 2.34. The van der Waals surface area contributed by atoms with Crippen molar-refractivity contribution in [3.63, 3.8) is 0 Å². The van der Waals surface area contributed by atoms with Gasteiger partial charge in [-0.1, -0.05) is 23.2 Å². The van der Waals surface area contributed by atoms with Crippen LogP contribution in [0.4, 0.5) is 0 Å². The van der Waals surface area contributed by atoms with Crippen molar-refractivity contribution in [1.82, 2.24) is 9.97 Å². The van der Waals surface area contributed by atoms with E-state index in [1.54, 1.807) is 12.1 Å². The molecular weight excluding hydrogens is 271 g/mol. The summed E-state index contributed by atoms with van der Waals surface area (Å²) in [5.41, 5.74) is 0.791. The first-order valence-corrected chi connectivity index (χ1v) is 6.85. The van der Waals surface area contributed by atoms with Crippen molar-refractivity contribution in [3.8, 4) is 0 Å². The lowest BCUT2D eigenvalue weighted by atomic mass is 10.3. The maximum Gasteiger partial charge on any atom is 0.178 e. The van der Waals surface area contributed by atoms with Gasteiger partial charge in [-0.05, 0) is 12.1 Å². The molecule has 0 amide bonds. The van der Waals surface area contributed by atoms with Crippen LogP contribution in [0.1, 0.15) is 0 Å². The highest BCUT2D eigenvalue weighted by molar-refractivity contribution is 7.90. The molecule has 16 heavy (non-hydrogen) atoms. The summed E-state index contributed by atoms with van der Waals surface area (Å²) in [6, 6.07) is 3.19. The molecule has 4 nitrogen and oxygen atoms in total. The van der Waals surface area contributed by atoms with Gasteiger partial charge in [-0.3, -0.25) is 4.98 Å². The molecular formula is C9H6Cl2N2O2S. The van der Waals surface area contributed by atoms with Crippen LogP contribution in [0.3, 0.4) is 0 Å². The average molecular weight is 277 g/mol. The standard InChI is InChI=1S/C9H6Cl2N2O2S/c1-16(14,15)6-4-12-5-2-3-7(10)13-9(5)8(6)11/h2-4H,1H3. The van der Waals surface area contributed by atoms with Gasteiger partial charge in [-0.25, -0.2) is 13.4 Å². The quantitative estimate of drug-likeness (QED) is 0.751. The maximum atomic E-state index is 11.4. The number of hydrogen-bond donors (Lipinski definition) is 0. The topological polar surface area (TPSA) is 59.9 Å². The van der Waals surface area contributed by atoms with Gasteiger partial charge in [0.05, 0.1) is 10.5 Å². The highest BCUT2D eigenvalue weighted by Crippen LogP contribution is 2.28. The van der Waals surface area contributed by atoms with Crippen molar-refractivity contribution in [2.75, 3.05) is 6.26 Å². The second-order valence-corrected chi connectivity index (χ2v) is 5.96. The Hall–Kier alpha value is -0.910. The summed E-state index contributed by atoms with van der Waals surface area (Å²) in [6.45, 7) is 0. The highest BCUT2D eigenvalue weighted by Gasteiger charge is 2.16. The van der Waals surface area contributed by atoms with E-state index in [1.807, 2.05) is 0 Å². The molecule has 2 aromatic heterocycles. The largest absolute Gasteiger partial charge is 0.253 e. The fraction of sp³-hybridized carbons (Fsp3) is 0.111. The Morgan fingerprint density at radius 3 is 2.56 bits per heavy atom. The van der Waals surface area contributed by atoms with E-state index in [0.29, 0.717) is 5.52 Å². The Morgan fingerprint density at radius 1 is 1.25 bits per heavy atom. The molecule has 0 saturated carbocycles. The van der Waals surface area contributed by atoms with Crippen molar-refractivity contribution in [2.45, 2.75) is 4.90 Å². The van der Waals surface area contributed by atoms with Crippen LogP contribution in [0.15, 0.2) is 23.2 Å². The van der Waals surface area contributed by atoms with E-state index in [9.17, 15) is 8.42 Å². The van der Waals surface area contributed by atoms with Crippen molar-refractivity contribution < 1.29 is 8.42 Å². The monoisotopic (exact) mass is 276 g/mol. The molecule has 0 aliphatic rings. The zero-order chi connectivity index (χ0) is 11.9. The second-order valence-electron chi connectivity index (χ2n) is 3.21. The molecule has 0 radical (unpaired) electrons. The molecule has 84 valence electrons. The molecule has 0 fully saturated rings. The van der Waals surface area contributed by atoms with Crippen LogP contribution in [0.2, 0.25) is 10.2 Å². The van der Waals surface area contributed by atoms with E-state index in [1.165, 1.54) is 6.20 Å². The molecule has 0 saturated heterocycles. The Kier molecular flexibility index (Phi) is 2.77. The summed E-state index contributed by atoms with van der Waals surface area (Å²) >= 11 is 11.7. The summed E-state index contributed by atoms with van der Waals surface area (Å²) in [4.78, 5) is 7.88. The Bertz CT molecular complexity index is 671. The molecule has 0 aliphatic carbocycles. The number of fused-ring (bicyclic) bond motifs is 1. The smallest absolute Gasteiger partial charge is 0.178 e. The SMILES string of the molecule is CS(=O)(=O)c1cnc2ccc(Cl)nc2c1Cl. The van der Waals surface area contributed by atoms with E-state index in [0.717, 1.165) is 6.26 Å². The van der Waals surface area contributed by atoms with Crippen LogP contribution in [-0.2, 0) is 9.84 Å².